The largest absolute Gasteiger partial charge is 0.494 e. The first-order valence-electron chi connectivity index (χ1n) is 12.1. The highest BCUT2D eigenvalue weighted by Gasteiger charge is 2.30. The van der Waals surface area contributed by atoms with Gasteiger partial charge in [0, 0.05) is 0 Å². The molecule has 33 heavy (non-hydrogen) atoms. The van der Waals surface area contributed by atoms with Gasteiger partial charge in [0.15, 0.2) is 5.17 Å². The topological polar surface area (TPSA) is 63.1 Å². The number of amidine groups is 1. The van der Waals surface area contributed by atoms with Crippen molar-refractivity contribution in [1.29, 1.82) is 0 Å². The number of hydrogen-bond acceptors (Lipinski definition) is 5. The van der Waals surface area contributed by atoms with Crippen LogP contribution < -0.4 is 10.1 Å². The van der Waals surface area contributed by atoms with Crippen LogP contribution in [0.1, 0.15) is 69.1 Å². The Bertz CT molecular complexity index is 923. The molecule has 6 heteroatoms. The molecule has 1 amide bonds. The van der Waals surface area contributed by atoms with E-state index in [2.05, 4.69) is 53.6 Å². The lowest BCUT2D eigenvalue weighted by molar-refractivity contribution is -0.118. The minimum absolute atomic E-state index is 0.00977. The van der Waals surface area contributed by atoms with E-state index < -0.39 is 0 Å². The van der Waals surface area contributed by atoms with E-state index in [9.17, 15) is 4.79 Å². The quantitative estimate of drug-likeness (QED) is 0.219. The minimum Gasteiger partial charge on any atom is -0.494 e. The molecule has 2 aromatic carbocycles. The van der Waals surface area contributed by atoms with Crippen LogP contribution in [0.5, 0.6) is 5.75 Å². The Hall–Kier alpha value is -2.60. The maximum atomic E-state index is 12.3. The van der Waals surface area contributed by atoms with Gasteiger partial charge in [0.05, 0.1) is 18.1 Å². The van der Waals surface area contributed by atoms with E-state index in [0.29, 0.717) is 11.6 Å². The Morgan fingerprint density at radius 3 is 2.39 bits per heavy atom. The Morgan fingerprint density at radius 1 is 0.939 bits per heavy atom. The van der Waals surface area contributed by atoms with Gasteiger partial charge in [-0.3, -0.25) is 4.79 Å². The van der Waals surface area contributed by atoms with Crippen LogP contribution in [-0.4, -0.2) is 29.1 Å². The predicted octanol–water partition coefficient (Wildman–Crippen LogP) is 6.15. The van der Waals surface area contributed by atoms with Crippen LogP contribution in [0.4, 0.5) is 0 Å². The average Bonchev–Trinajstić information content (AvgIpc) is 3.18. The molecule has 1 saturated heterocycles. The number of amides is 1. The van der Waals surface area contributed by atoms with Crippen molar-refractivity contribution in [2.75, 3.05) is 6.61 Å². The fourth-order valence-electron chi connectivity index (χ4n) is 3.54. The number of thioether (sulfide) groups is 1. The number of carbonyl (C=O) groups is 1. The number of rotatable bonds is 13. The second-order valence-electron chi connectivity index (χ2n) is 8.35. The van der Waals surface area contributed by atoms with Crippen molar-refractivity contribution >= 4 is 29.1 Å². The van der Waals surface area contributed by atoms with Crippen LogP contribution in [0.2, 0.25) is 0 Å². The number of benzene rings is 2. The van der Waals surface area contributed by atoms with Crippen LogP contribution in [0.3, 0.4) is 0 Å². The van der Waals surface area contributed by atoms with Crippen LogP contribution in [-0.2, 0) is 17.6 Å². The molecule has 1 atom stereocenters. The molecule has 176 valence electrons. The van der Waals surface area contributed by atoms with Crippen molar-refractivity contribution < 1.29 is 9.53 Å². The van der Waals surface area contributed by atoms with Crippen molar-refractivity contribution in [3.8, 4) is 5.75 Å². The summed E-state index contributed by atoms with van der Waals surface area (Å²) in [5.74, 6) is 0.860. The standard InChI is InChI=1S/C27H35N3O2S/c1-3-5-7-8-18-32-24-16-14-23(15-17-24)20-28-30-27-29-26(31)25(33-27)19-22-12-10-21(11-13-22)9-6-4-2/h10-17,20,25H,3-9,18-19H2,1-2H3,(H,29,30,31)/b28-20-/t25-/m0/s1. The first-order valence-corrected chi connectivity index (χ1v) is 12.9. The summed E-state index contributed by atoms with van der Waals surface area (Å²) in [6.45, 7) is 5.16. The summed E-state index contributed by atoms with van der Waals surface area (Å²) < 4.78 is 5.77. The van der Waals surface area contributed by atoms with Crippen LogP contribution in [0.25, 0.3) is 0 Å². The van der Waals surface area contributed by atoms with Crippen LogP contribution in [0, 0.1) is 0 Å². The number of aryl methyl sites for hydroxylation is 1. The fourth-order valence-corrected chi connectivity index (χ4v) is 4.51. The molecule has 0 spiro atoms. The highest BCUT2D eigenvalue weighted by atomic mass is 32.2. The van der Waals surface area contributed by atoms with E-state index in [1.54, 1.807) is 6.21 Å². The van der Waals surface area contributed by atoms with E-state index in [4.69, 9.17) is 4.74 Å². The molecule has 1 N–H and O–H groups in total. The summed E-state index contributed by atoms with van der Waals surface area (Å²) in [5.41, 5.74) is 3.46. The highest BCUT2D eigenvalue weighted by molar-refractivity contribution is 8.15. The number of carbonyl (C=O) groups excluding carboxylic acids is 1. The van der Waals surface area contributed by atoms with Crippen LogP contribution in [0.15, 0.2) is 58.7 Å². The molecule has 0 aliphatic carbocycles. The van der Waals surface area contributed by atoms with Gasteiger partial charge < -0.3 is 10.1 Å². The summed E-state index contributed by atoms with van der Waals surface area (Å²) in [7, 11) is 0. The molecule has 0 saturated carbocycles. The zero-order valence-electron chi connectivity index (χ0n) is 19.8. The van der Waals surface area contributed by atoms with Gasteiger partial charge in [0.1, 0.15) is 5.75 Å². The molecule has 1 aliphatic rings. The maximum absolute atomic E-state index is 12.3. The first kappa shape index (κ1) is 25.0. The average molecular weight is 466 g/mol. The monoisotopic (exact) mass is 465 g/mol. The van der Waals surface area contributed by atoms with Crippen molar-refractivity contribution in [2.45, 2.75) is 70.5 Å². The molecule has 1 heterocycles. The molecule has 2 aromatic rings. The second kappa shape index (κ2) is 13.8. The molecule has 1 fully saturated rings. The van der Waals surface area contributed by atoms with E-state index in [1.807, 2.05) is 24.3 Å². The molecule has 5 nitrogen and oxygen atoms in total. The van der Waals surface area contributed by atoms with Crippen molar-refractivity contribution in [3.05, 3.63) is 65.2 Å². The third-order valence-electron chi connectivity index (χ3n) is 5.54. The van der Waals surface area contributed by atoms with E-state index >= 15 is 0 Å². The number of nitrogens with one attached hydrogen (secondary N) is 1. The SMILES string of the molecule is CCCCCCOc1ccc(/C=N\N=C2\NC(=O)[C@H](Cc3ccc(CCCC)cc3)S2)cc1. The number of ether oxygens (including phenoxy) is 1. The van der Waals surface area contributed by atoms with E-state index in [1.165, 1.54) is 55.0 Å². The highest BCUT2D eigenvalue weighted by Crippen LogP contribution is 2.24. The van der Waals surface area contributed by atoms with Gasteiger partial charge in [-0.15, -0.1) is 5.10 Å². The van der Waals surface area contributed by atoms with Crippen molar-refractivity contribution in [3.63, 3.8) is 0 Å². The molecular weight excluding hydrogens is 430 g/mol. The van der Waals surface area contributed by atoms with Gasteiger partial charge >= 0.3 is 0 Å². The van der Waals surface area contributed by atoms with Gasteiger partial charge in [0.25, 0.3) is 0 Å². The molecule has 0 unspecified atom stereocenters. The third kappa shape index (κ3) is 8.69. The van der Waals surface area contributed by atoms with Crippen molar-refractivity contribution in [2.24, 2.45) is 10.2 Å². The summed E-state index contributed by atoms with van der Waals surface area (Å²) in [5, 5.41) is 11.6. The molecule has 0 radical (unpaired) electrons. The zero-order valence-corrected chi connectivity index (χ0v) is 20.6. The van der Waals surface area contributed by atoms with Gasteiger partial charge in [-0.25, -0.2) is 0 Å². The van der Waals surface area contributed by atoms with Gasteiger partial charge in [0.2, 0.25) is 5.91 Å². The first-order chi connectivity index (χ1) is 16.2. The van der Waals surface area contributed by atoms with Gasteiger partial charge in [-0.1, -0.05) is 75.6 Å². The number of unbranched alkanes of at least 4 members (excludes halogenated alkanes) is 4. The predicted molar refractivity (Wildman–Crippen MR) is 139 cm³/mol. The minimum atomic E-state index is -0.172. The summed E-state index contributed by atoms with van der Waals surface area (Å²) in [4.78, 5) is 12.3. The summed E-state index contributed by atoms with van der Waals surface area (Å²) in [6.07, 6.45) is 10.7. The third-order valence-corrected chi connectivity index (χ3v) is 6.61. The zero-order chi connectivity index (χ0) is 23.3. The fraction of sp³-hybridized carbons (Fsp3) is 0.444. The van der Waals surface area contributed by atoms with Crippen LogP contribution >= 0.6 is 11.8 Å². The lowest BCUT2D eigenvalue weighted by Gasteiger charge is -2.06. The normalized spacial score (nSPS) is 17.1. The lowest BCUT2D eigenvalue weighted by atomic mass is 10.0. The molecule has 3 rings (SSSR count). The Labute approximate surface area is 202 Å². The Balaban J connectivity index is 1.45. The Kier molecular flexibility index (Phi) is 10.5. The molecule has 0 bridgehead atoms. The number of hydrogen-bond donors (Lipinski definition) is 1. The summed E-state index contributed by atoms with van der Waals surface area (Å²) in [6, 6.07) is 16.4. The van der Waals surface area contributed by atoms with Crippen molar-refractivity contribution in [1.82, 2.24) is 5.32 Å². The number of nitrogens with zero attached hydrogens (tertiary/aromatic N) is 2. The summed E-state index contributed by atoms with van der Waals surface area (Å²) >= 11 is 1.44. The smallest absolute Gasteiger partial charge is 0.239 e. The van der Waals surface area contributed by atoms with Gasteiger partial charge in [-0.05, 0) is 66.6 Å². The van der Waals surface area contributed by atoms with Gasteiger partial charge in [-0.2, -0.15) is 5.10 Å². The molecular formula is C27H35N3O2S. The molecule has 1 aliphatic heterocycles. The second-order valence-corrected chi connectivity index (χ2v) is 9.54. The Morgan fingerprint density at radius 2 is 1.67 bits per heavy atom. The van der Waals surface area contributed by atoms with E-state index in [0.717, 1.165) is 30.8 Å². The maximum Gasteiger partial charge on any atom is 0.239 e. The molecule has 0 aromatic heterocycles. The van der Waals surface area contributed by atoms with E-state index in [-0.39, 0.29) is 11.2 Å². The lowest BCUT2D eigenvalue weighted by Crippen LogP contribution is -2.25.